The second-order valence-corrected chi connectivity index (χ2v) is 8.73. The van der Waals surface area contributed by atoms with Gasteiger partial charge in [-0.05, 0) is 42.0 Å². The van der Waals surface area contributed by atoms with E-state index in [9.17, 15) is 18.0 Å². The van der Waals surface area contributed by atoms with Gasteiger partial charge in [0.2, 0.25) is 0 Å². The van der Waals surface area contributed by atoms with Crippen LogP contribution in [0.15, 0.2) is 73.1 Å². The lowest BCUT2D eigenvalue weighted by atomic mass is 10.1. The first-order chi connectivity index (χ1) is 17.7. The van der Waals surface area contributed by atoms with Crippen molar-refractivity contribution in [3.8, 4) is 11.3 Å². The van der Waals surface area contributed by atoms with Crippen LogP contribution in [0.2, 0.25) is 5.02 Å². The fourth-order valence-corrected chi connectivity index (χ4v) is 3.87. The molecule has 2 aromatic carbocycles. The van der Waals surface area contributed by atoms with Gasteiger partial charge in [-0.2, -0.15) is 23.4 Å². The first-order valence-electron chi connectivity index (χ1n) is 11.0. The van der Waals surface area contributed by atoms with Gasteiger partial charge in [0.15, 0.2) is 11.3 Å². The van der Waals surface area contributed by atoms with Crippen molar-refractivity contribution in [3.05, 3.63) is 94.9 Å². The molecule has 2 N–H and O–H groups in total. The number of hydrogen-bond donors (Lipinski definition) is 2. The Hall–Kier alpha value is -4.38. The second kappa shape index (κ2) is 9.58. The van der Waals surface area contributed by atoms with Crippen molar-refractivity contribution < 1.29 is 18.0 Å². The Morgan fingerprint density at radius 2 is 1.84 bits per heavy atom. The Labute approximate surface area is 213 Å². The number of benzene rings is 2. The van der Waals surface area contributed by atoms with Crippen LogP contribution in [0, 0.1) is 0 Å². The molecule has 0 saturated carbocycles. The Balaban J connectivity index is 1.46. The molecular formula is C25H19ClF3N7O. The van der Waals surface area contributed by atoms with E-state index in [1.807, 2.05) is 0 Å². The highest BCUT2D eigenvalue weighted by Gasteiger charge is 2.30. The van der Waals surface area contributed by atoms with Crippen molar-refractivity contribution in [2.45, 2.75) is 12.7 Å². The Morgan fingerprint density at radius 3 is 2.49 bits per heavy atom. The standard InChI is InChI=1S/C25H19ClF3N7O/c1-35(14-15-2-4-17(5-3-15)25(27,28)29)22-11-21(16-12-30-31-13-16)36-23(33-22)10-20(34-36)24(37)32-19-8-6-18(26)7-9-19/h2-13H,14H2,1H3,(H,30,31)(H,32,37). The number of carbonyl (C=O) groups is 1. The van der Waals surface area contributed by atoms with Gasteiger partial charge in [0.1, 0.15) is 5.82 Å². The molecule has 37 heavy (non-hydrogen) atoms. The SMILES string of the molecule is CN(Cc1ccc(C(F)(F)F)cc1)c1cc(-c2cn[nH]c2)n2nc(C(=O)Nc3ccc(Cl)cc3)cc2n1. The molecular weight excluding hydrogens is 507 g/mol. The molecule has 0 aliphatic heterocycles. The fourth-order valence-electron chi connectivity index (χ4n) is 3.75. The van der Waals surface area contributed by atoms with Gasteiger partial charge >= 0.3 is 6.18 Å². The van der Waals surface area contributed by atoms with Gasteiger partial charge in [-0.3, -0.25) is 9.89 Å². The lowest BCUT2D eigenvalue weighted by Crippen LogP contribution is -2.18. The summed E-state index contributed by atoms with van der Waals surface area (Å²) in [6.45, 7) is 0.310. The molecule has 5 aromatic rings. The Kier molecular flexibility index (Phi) is 6.30. The number of aromatic amines is 1. The lowest BCUT2D eigenvalue weighted by Gasteiger charge is -2.20. The van der Waals surface area contributed by atoms with Crippen LogP contribution in [0.5, 0.6) is 0 Å². The van der Waals surface area contributed by atoms with E-state index < -0.39 is 17.6 Å². The van der Waals surface area contributed by atoms with Crippen molar-refractivity contribution in [1.29, 1.82) is 0 Å². The van der Waals surface area contributed by atoms with Gasteiger partial charge in [-0.25, -0.2) is 9.50 Å². The summed E-state index contributed by atoms with van der Waals surface area (Å²) in [7, 11) is 1.78. The van der Waals surface area contributed by atoms with Crippen LogP contribution in [-0.4, -0.2) is 37.8 Å². The molecule has 0 saturated heterocycles. The van der Waals surface area contributed by atoms with Crippen LogP contribution in [-0.2, 0) is 12.7 Å². The van der Waals surface area contributed by atoms with E-state index in [0.717, 1.165) is 12.1 Å². The van der Waals surface area contributed by atoms with Gasteiger partial charge in [0.25, 0.3) is 5.91 Å². The van der Waals surface area contributed by atoms with E-state index in [1.54, 1.807) is 60.7 Å². The summed E-state index contributed by atoms with van der Waals surface area (Å²) in [5.41, 5.74) is 2.43. The van der Waals surface area contributed by atoms with Crippen molar-refractivity contribution in [3.63, 3.8) is 0 Å². The minimum atomic E-state index is -4.39. The van der Waals surface area contributed by atoms with E-state index in [2.05, 4.69) is 25.6 Å². The summed E-state index contributed by atoms with van der Waals surface area (Å²) in [5.74, 6) is 0.110. The molecule has 3 heterocycles. The monoisotopic (exact) mass is 525 g/mol. The average molecular weight is 526 g/mol. The number of carbonyl (C=O) groups excluding carboxylic acids is 1. The van der Waals surface area contributed by atoms with E-state index in [1.165, 1.54) is 16.6 Å². The summed E-state index contributed by atoms with van der Waals surface area (Å²) in [6, 6.07) is 15.0. The number of halogens is 4. The number of hydrogen-bond acceptors (Lipinski definition) is 5. The largest absolute Gasteiger partial charge is 0.416 e. The zero-order valence-electron chi connectivity index (χ0n) is 19.3. The van der Waals surface area contributed by atoms with Crippen LogP contribution in [0.25, 0.3) is 16.9 Å². The number of nitrogens with zero attached hydrogens (tertiary/aromatic N) is 5. The molecule has 0 aliphatic carbocycles. The summed E-state index contributed by atoms with van der Waals surface area (Å²) in [4.78, 5) is 19.3. The van der Waals surface area contributed by atoms with Gasteiger partial charge in [-0.1, -0.05) is 23.7 Å². The molecule has 0 aliphatic rings. The molecule has 3 aromatic heterocycles. The Morgan fingerprint density at radius 1 is 1.11 bits per heavy atom. The molecule has 5 rings (SSSR count). The van der Waals surface area contributed by atoms with Crippen molar-refractivity contribution in [1.82, 2.24) is 24.8 Å². The van der Waals surface area contributed by atoms with Crippen LogP contribution in [0.3, 0.4) is 0 Å². The van der Waals surface area contributed by atoms with E-state index in [4.69, 9.17) is 11.6 Å². The normalized spacial score (nSPS) is 11.6. The summed E-state index contributed by atoms with van der Waals surface area (Å²) in [5, 5.41) is 14.5. The predicted octanol–water partition coefficient (Wildman–Crippen LogP) is 5.68. The number of nitrogens with one attached hydrogen (secondary N) is 2. The molecule has 0 unspecified atom stereocenters. The molecule has 1 amide bonds. The van der Waals surface area contributed by atoms with E-state index >= 15 is 0 Å². The molecule has 0 fully saturated rings. The number of fused-ring (bicyclic) bond motifs is 1. The molecule has 0 bridgehead atoms. The molecule has 0 radical (unpaired) electrons. The van der Waals surface area contributed by atoms with Crippen molar-refractivity contribution in [2.24, 2.45) is 0 Å². The predicted molar refractivity (Wildman–Crippen MR) is 134 cm³/mol. The maximum absolute atomic E-state index is 12.9. The van der Waals surface area contributed by atoms with Crippen LogP contribution >= 0.6 is 11.6 Å². The summed E-state index contributed by atoms with van der Waals surface area (Å²) < 4.78 is 40.2. The maximum Gasteiger partial charge on any atom is 0.416 e. The highest BCUT2D eigenvalue weighted by atomic mass is 35.5. The maximum atomic E-state index is 12.9. The van der Waals surface area contributed by atoms with Crippen LogP contribution in [0.1, 0.15) is 21.6 Å². The quantitative estimate of drug-likeness (QED) is 0.297. The first-order valence-corrected chi connectivity index (χ1v) is 11.4. The van der Waals surface area contributed by atoms with Gasteiger partial charge in [0.05, 0.1) is 17.5 Å². The highest BCUT2D eigenvalue weighted by molar-refractivity contribution is 6.30. The summed E-state index contributed by atoms with van der Waals surface area (Å²) >= 11 is 5.91. The minimum absolute atomic E-state index is 0.148. The van der Waals surface area contributed by atoms with Crippen LogP contribution < -0.4 is 10.2 Å². The van der Waals surface area contributed by atoms with Gasteiger partial charge < -0.3 is 10.2 Å². The number of amides is 1. The van der Waals surface area contributed by atoms with Crippen molar-refractivity contribution >= 4 is 34.7 Å². The number of H-pyrrole nitrogens is 1. The fraction of sp³-hybridized carbons (Fsp3) is 0.120. The van der Waals surface area contributed by atoms with Gasteiger partial charge in [0, 0.05) is 48.2 Å². The van der Waals surface area contributed by atoms with Gasteiger partial charge in [-0.15, -0.1) is 0 Å². The molecule has 12 heteroatoms. The molecule has 8 nitrogen and oxygen atoms in total. The van der Waals surface area contributed by atoms with E-state index in [0.29, 0.717) is 45.5 Å². The lowest BCUT2D eigenvalue weighted by molar-refractivity contribution is -0.137. The third-order valence-corrected chi connectivity index (χ3v) is 5.89. The minimum Gasteiger partial charge on any atom is -0.355 e. The van der Waals surface area contributed by atoms with Crippen molar-refractivity contribution in [2.75, 3.05) is 17.3 Å². The number of aromatic nitrogens is 5. The number of anilines is 2. The zero-order chi connectivity index (χ0) is 26.2. The molecule has 188 valence electrons. The van der Waals surface area contributed by atoms with E-state index in [-0.39, 0.29) is 5.69 Å². The molecule has 0 atom stereocenters. The number of alkyl halides is 3. The average Bonchev–Trinajstić information content (AvgIpc) is 3.55. The second-order valence-electron chi connectivity index (χ2n) is 8.30. The van der Waals surface area contributed by atoms with Crippen LogP contribution in [0.4, 0.5) is 24.7 Å². The highest BCUT2D eigenvalue weighted by Crippen LogP contribution is 2.30. The topological polar surface area (TPSA) is 91.2 Å². The third-order valence-electron chi connectivity index (χ3n) is 5.63. The smallest absolute Gasteiger partial charge is 0.355 e. The Bertz CT molecular complexity index is 1550. The number of rotatable bonds is 6. The first kappa shape index (κ1) is 24.3. The third kappa shape index (κ3) is 5.26. The molecule has 0 spiro atoms. The zero-order valence-corrected chi connectivity index (χ0v) is 20.0. The summed E-state index contributed by atoms with van der Waals surface area (Å²) in [6.07, 6.45) is -1.09.